The SMILES string of the molecule is COC(=O)CN1CC(NCC2CCCC2)CC(C(=O)O)C1. The molecule has 0 radical (unpaired) electrons. The molecule has 2 N–H and O–H groups in total. The summed E-state index contributed by atoms with van der Waals surface area (Å²) in [4.78, 5) is 24.6. The van der Waals surface area contributed by atoms with E-state index in [2.05, 4.69) is 10.1 Å². The Morgan fingerprint density at radius 2 is 2.00 bits per heavy atom. The summed E-state index contributed by atoms with van der Waals surface area (Å²) in [5.41, 5.74) is 0. The van der Waals surface area contributed by atoms with Crippen LogP contribution in [0.3, 0.4) is 0 Å². The molecule has 2 atom stereocenters. The number of nitrogens with zero attached hydrogens (tertiary/aromatic N) is 1. The predicted molar refractivity (Wildman–Crippen MR) is 77.9 cm³/mol. The Hall–Kier alpha value is -1.14. The molecule has 0 aromatic carbocycles. The van der Waals surface area contributed by atoms with E-state index in [1.807, 2.05) is 4.90 Å². The number of carboxylic acid groups (broad SMARTS) is 1. The van der Waals surface area contributed by atoms with Crippen molar-refractivity contribution in [3.8, 4) is 0 Å². The molecule has 2 rings (SSSR count). The van der Waals surface area contributed by atoms with Crippen LogP contribution in [-0.2, 0) is 14.3 Å². The van der Waals surface area contributed by atoms with Crippen LogP contribution in [0.2, 0.25) is 0 Å². The van der Waals surface area contributed by atoms with E-state index in [-0.39, 0.29) is 18.6 Å². The second-order valence-corrected chi connectivity index (χ2v) is 6.30. The Balaban J connectivity index is 1.85. The number of likely N-dealkylation sites (tertiary alicyclic amines) is 1. The summed E-state index contributed by atoms with van der Waals surface area (Å²) in [6.07, 6.45) is 5.80. The Kier molecular flexibility index (Phi) is 5.99. The van der Waals surface area contributed by atoms with Crippen molar-refractivity contribution in [1.82, 2.24) is 10.2 Å². The van der Waals surface area contributed by atoms with Gasteiger partial charge in [-0.15, -0.1) is 0 Å². The Labute approximate surface area is 125 Å². The van der Waals surface area contributed by atoms with E-state index in [1.54, 1.807) is 0 Å². The molecule has 1 saturated carbocycles. The maximum Gasteiger partial charge on any atom is 0.319 e. The van der Waals surface area contributed by atoms with Crippen LogP contribution in [-0.4, -0.2) is 61.3 Å². The van der Waals surface area contributed by atoms with Gasteiger partial charge in [0.15, 0.2) is 0 Å². The molecule has 1 saturated heterocycles. The predicted octanol–water partition coefficient (Wildman–Crippen LogP) is 0.714. The molecule has 6 nitrogen and oxygen atoms in total. The minimum atomic E-state index is -0.780. The molecule has 21 heavy (non-hydrogen) atoms. The Morgan fingerprint density at radius 1 is 1.29 bits per heavy atom. The standard InChI is InChI=1S/C15H26N2O4/c1-21-14(18)10-17-8-12(15(19)20)6-13(9-17)16-7-11-4-2-3-5-11/h11-13,16H,2-10H2,1H3,(H,19,20). The fourth-order valence-corrected chi connectivity index (χ4v) is 3.44. The van der Waals surface area contributed by atoms with Crippen molar-refractivity contribution in [2.75, 3.05) is 33.3 Å². The highest BCUT2D eigenvalue weighted by atomic mass is 16.5. The van der Waals surface area contributed by atoms with Crippen LogP contribution in [0, 0.1) is 11.8 Å². The molecule has 0 aromatic rings. The van der Waals surface area contributed by atoms with Crippen LogP contribution in [0.25, 0.3) is 0 Å². The van der Waals surface area contributed by atoms with Crippen molar-refractivity contribution in [3.63, 3.8) is 0 Å². The Bertz CT molecular complexity index is 369. The third kappa shape index (κ3) is 4.97. The van der Waals surface area contributed by atoms with E-state index in [4.69, 9.17) is 0 Å². The molecule has 6 heteroatoms. The van der Waals surface area contributed by atoms with Gasteiger partial charge in [0.1, 0.15) is 0 Å². The molecule has 0 bridgehead atoms. The van der Waals surface area contributed by atoms with Gasteiger partial charge in [-0.1, -0.05) is 12.8 Å². The molecule has 120 valence electrons. The van der Waals surface area contributed by atoms with Crippen LogP contribution in [0.15, 0.2) is 0 Å². The number of carbonyl (C=O) groups is 2. The topological polar surface area (TPSA) is 78.9 Å². The number of nitrogens with one attached hydrogen (secondary N) is 1. The van der Waals surface area contributed by atoms with Gasteiger partial charge in [0, 0.05) is 19.1 Å². The van der Waals surface area contributed by atoms with E-state index in [0.717, 1.165) is 12.5 Å². The third-order valence-corrected chi connectivity index (χ3v) is 4.63. The van der Waals surface area contributed by atoms with Crippen molar-refractivity contribution >= 4 is 11.9 Å². The monoisotopic (exact) mass is 298 g/mol. The van der Waals surface area contributed by atoms with Gasteiger partial charge in [-0.05, 0) is 31.7 Å². The fraction of sp³-hybridized carbons (Fsp3) is 0.867. The van der Waals surface area contributed by atoms with Gasteiger partial charge in [0.25, 0.3) is 0 Å². The minimum Gasteiger partial charge on any atom is -0.481 e. The van der Waals surface area contributed by atoms with Gasteiger partial charge in [-0.25, -0.2) is 0 Å². The average Bonchev–Trinajstić information content (AvgIpc) is 2.98. The van der Waals surface area contributed by atoms with Crippen molar-refractivity contribution in [1.29, 1.82) is 0 Å². The molecular weight excluding hydrogens is 272 g/mol. The van der Waals surface area contributed by atoms with Gasteiger partial charge in [0.2, 0.25) is 0 Å². The lowest BCUT2D eigenvalue weighted by atomic mass is 9.93. The zero-order valence-electron chi connectivity index (χ0n) is 12.7. The molecule has 2 unspecified atom stereocenters. The fourth-order valence-electron chi connectivity index (χ4n) is 3.44. The van der Waals surface area contributed by atoms with Gasteiger partial charge in [-0.2, -0.15) is 0 Å². The van der Waals surface area contributed by atoms with E-state index in [1.165, 1.54) is 32.8 Å². The minimum absolute atomic E-state index is 0.144. The average molecular weight is 298 g/mol. The molecule has 1 aliphatic carbocycles. The molecule has 1 aliphatic heterocycles. The zero-order valence-corrected chi connectivity index (χ0v) is 12.7. The van der Waals surface area contributed by atoms with E-state index in [0.29, 0.717) is 19.5 Å². The summed E-state index contributed by atoms with van der Waals surface area (Å²) in [7, 11) is 1.36. The summed E-state index contributed by atoms with van der Waals surface area (Å²) in [5.74, 6) is -0.776. The number of hydrogen-bond acceptors (Lipinski definition) is 5. The number of aliphatic carboxylic acids is 1. The van der Waals surface area contributed by atoms with Crippen LogP contribution in [0.1, 0.15) is 32.1 Å². The van der Waals surface area contributed by atoms with Gasteiger partial charge in [0.05, 0.1) is 19.6 Å². The molecule has 0 aromatic heterocycles. The zero-order chi connectivity index (χ0) is 15.2. The number of ether oxygens (including phenoxy) is 1. The van der Waals surface area contributed by atoms with Crippen molar-refractivity contribution < 1.29 is 19.4 Å². The molecular formula is C15H26N2O4. The number of rotatable bonds is 6. The first-order valence-corrected chi connectivity index (χ1v) is 7.84. The third-order valence-electron chi connectivity index (χ3n) is 4.63. The molecule has 0 amide bonds. The summed E-state index contributed by atoms with van der Waals surface area (Å²) < 4.78 is 4.68. The second-order valence-electron chi connectivity index (χ2n) is 6.30. The first-order chi connectivity index (χ1) is 10.1. The Morgan fingerprint density at radius 3 is 2.62 bits per heavy atom. The normalized spacial score (nSPS) is 27.7. The van der Waals surface area contributed by atoms with Crippen molar-refractivity contribution in [2.45, 2.75) is 38.1 Å². The number of carbonyl (C=O) groups excluding carboxylic acids is 1. The van der Waals surface area contributed by atoms with Gasteiger partial charge in [-0.3, -0.25) is 14.5 Å². The summed E-state index contributed by atoms with van der Waals surface area (Å²) >= 11 is 0. The molecule has 2 aliphatic rings. The molecule has 1 heterocycles. The summed E-state index contributed by atoms with van der Waals surface area (Å²) in [6, 6.07) is 0.144. The highest BCUT2D eigenvalue weighted by molar-refractivity contribution is 5.72. The maximum atomic E-state index is 11.4. The number of esters is 1. The summed E-state index contributed by atoms with van der Waals surface area (Å²) in [6.45, 7) is 2.27. The quantitative estimate of drug-likeness (QED) is 0.703. The summed E-state index contributed by atoms with van der Waals surface area (Å²) in [5, 5.41) is 12.8. The van der Waals surface area contributed by atoms with Crippen LogP contribution >= 0.6 is 0 Å². The first-order valence-electron chi connectivity index (χ1n) is 7.84. The largest absolute Gasteiger partial charge is 0.481 e. The number of piperidine rings is 1. The lowest BCUT2D eigenvalue weighted by Gasteiger charge is -2.36. The lowest BCUT2D eigenvalue weighted by molar-refractivity contribution is -0.148. The van der Waals surface area contributed by atoms with E-state index < -0.39 is 11.9 Å². The van der Waals surface area contributed by atoms with Crippen LogP contribution < -0.4 is 5.32 Å². The number of hydrogen-bond donors (Lipinski definition) is 2. The van der Waals surface area contributed by atoms with Crippen LogP contribution in [0.5, 0.6) is 0 Å². The van der Waals surface area contributed by atoms with E-state index in [9.17, 15) is 14.7 Å². The van der Waals surface area contributed by atoms with Gasteiger partial charge >= 0.3 is 11.9 Å². The van der Waals surface area contributed by atoms with Gasteiger partial charge < -0.3 is 15.2 Å². The maximum absolute atomic E-state index is 11.4. The number of carboxylic acids is 1. The molecule has 2 fully saturated rings. The first kappa shape index (κ1) is 16.2. The molecule has 0 spiro atoms. The second kappa shape index (κ2) is 7.75. The highest BCUT2D eigenvalue weighted by Crippen LogP contribution is 2.24. The smallest absolute Gasteiger partial charge is 0.319 e. The van der Waals surface area contributed by atoms with Crippen LogP contribution in [0.4, 0.5) is 0 Å². The van der Waals surface area contributed by atoms with E-state index >= 15 is 0 Å². The van der Waals surface area contributed by atoms with Crippen molar-refractivity contribution in [2.24, 2.45) is 11.8 Å². The lowest BCUT2D eigenvalue weighted by Crippen LogP contribution is -2.52. The number of methoxy groups -OCH3 is 1. The highest BCUT2D eigenvalue weighted by Gasteiger charge is 2.32. The van der Waals surface area contributed by atoms with Crippen molar-refractivity contribution in [3.05, 3.63) is 0 Å².